The molecule has 108 valence electrons. The summed E-state index contributed by atoms with van der Waals surface area (Å²) in [7, 11) is -1.86. The minimum Gasteiger partial charge on any atom is -0.383 e. The van der Waals surface area contributed by atoms with E-state index in [4.69, 9.17) is 10.5 Å². The van der Waals surface area contributed by atoms with Crippen LogP contribution < -0.4 is 10.5 Å². The molecule has 0 saturated carbocycles. The predicted octanol–water partition coefficient (Wildman–Crippen LogP) is -0.0835. The first-order valence-electron chi connectivity index (χ1n) is 6.46. The summed E-state index contributed by atoms with van der Waals surface area (Å²) in [5.41, 5.74) is 5.48. The maximum atomic E-state index is 12.2. The maximum absolute atomic E-state index is 12.2. The fourth-order valence-electron chi connectivity index (χ4n) is 2.23. The van der Waals surface area contributed by atoms with E-state index in [-0.39, 0.29) is 6.04 Å². The van der Waals surface area contributed by atoms with Crippen LogP contribution in [-0.2, 0) is 14.9 Å². The molecule has 1 rings (SSSR count). The summed E-state index contributed by atoms with van der Waals surface area (Å²) in [4.78, 5) is 0. The highest BCUT2D eigenvalue weighted by molar-refractivity contribution is 7.87. The second kappa shape index (κ2) is 7.40. The van der Waals surface area contributed by atoms with Crippen LogP contribution in [0, 0.1) is 5.92 Å². The zero-order valence-electron chi connectivity index (χ0n) is 11.3. The van der Waals surface area contributed by atoms with Gasteiger partial charge in [-0.15, -0.1) is 0 Å². The van der Waals surface area contributed by atoms with Crippen LogP contribution in [0.25, 0.3) is 0 Å². The first-order valence-corrected chi connectivity index (χ1v) is 7.90. The minimum absolute atomic E-state index is 0.248. The predicted molar refractivity (Wildman–Crippen MR) is 71.4 cm³/mol. The zero-order valence-corrected chi connectivity index (χ0v) is 12.1. The molecule has 0 spiro atoms. The Morgan fingerprint density at radius 1 is 1.56 bits per heavy atom. The maximum Gasteiger partial charge on any atom is 0.279 e. The number of nitrogens with zero attached hydrogens (tertiary/aromatic N) is 1. The lowest BCUT2D eigenvalue weighted by molar-refractivity contribution is 0.170. The lowest BCUT2D eigenvalue weighted by Crippen LogP contribution is -2.50. The molecule has 6 nitrogen and oxygen atoms in total. The highest BCUT2D eigenvalue weighted by Gasteiger charge is 2.28. The Hall–Kier alpha value is -0.210. The van der Waals surface area contributed by atoms with Crippen LogP contribution >= 0.6 is 0 Å². The van der Waals surface area contributed by atoms with Crippen LogP contribution in [0.4, 0.5) is 0 Å². The summed E-state index contributed by atoms with van der Waals surface area (Å²) in [5, 5.41) is 0. The topological polar surface area (TPSA) is 84.7 Å². The Morgan fingerprint density at radius 2 is 2.28 bits per heavy atom. The fourth-order valence-corrected chi connectivity index (χ4v) is 3.80. The van der Waals surface area contributed by atoms with Crippen LogP contribution in [0.2, 0.25) is 0 Å². The SMILES string of the molecule is COCC(CCN)NS(=O)(=O)N1CCCC(C)C1. The van der Waals surface area contributed by atoms with Crippen molar-refractivity contribution in [3.8, 4) is 0 Å². The molecule has 1 heterocycles. The number of hydrogen-bond donors (Lipinski definition) is 2. The molecule has 0 amide bonds. The van der Waals surface area contributed by atoms with Crippen molar-refractivity contribution in [3.05, 3.63) is 0 Å². The molecule has 1 aliphatic rings. The van der Waals surface area contributed by atoms with Gasteiger partial charge < -0.3 is 10.5 Å². The van der Waals surface area contributed by atoms with Crippen LogP contribution in [0.3, 0.4) is 0 Å². The van der Waals surface area contributed by atoms with Gasteiger partial charge in [0.1, 0.15) is 0 Å². The van der Waals surface area contributed by atoms with Gasteiger partial charge in [0.15, 0.2) is 0 Å². The Balaban J connectivity index is 2.60. The van der Waals surface area contributed by atoms with Gasteiger partial charge in [0.25, 0.3) is 10.2 Å². The number of hydrogen-bond acceptors (Lipinski definition) is 4. The van der Waals surface area contributed by atoms with Crippen molar-refractivity contribution in [2.75, 3.05) is 33.4 Å². The fraction of sp³-hybridized carbons (Fsp3) is 1.00. The summed E-state index contributed by atoms with van der Waals surface area (Å²) in [6, 6.07) is -0.248. The van der Waals surface area contributed by atoms with Crippen molar-refractivity contribution < 1.29 is 13.2 Å². The Bertz CT molecular complexity index is 328. The molecule has 18 heavy (non-hydrogen) atoms. The molecule has 3 N–H and O–H groups in total. The van der Waals surface area contributed by atoms with E-state index in [0.717, 1.165) is 12.8 Å². The summed E-state index contributed by atoms with van der Waals surface area (Å²) in [5.74, 6) is 0.422. The van der Waals surface area contributed by atoms with Crippen molar-refractivity contribution in [2.24, 2.45) is 11.7 Å². The van der Waals surface area contributed by atoms with Gasteiger partial charge >= 0.3 is 0 Å². The van der Waals surface area contributed by atoms with E-state index in [1.807, 2.05) is 0 Å². The van der Waals surface area contributed by atoms with Crippen molar-refractivity contribution in [2.45, 2.75) is 32.2 Å². The van der Waals surface area contributed by atoms with E-state index >= 15 is 0 Å². The summed E-state index contributed by atoms with van der Waals surface area (Å²) in [6.45, 7) is 4.06. The standard InChI is InChI=1S/C11H25N3O3S/c1-10-4-3-7-14(8-10)18(15,16)13-11(5-6-12)9-17-2/h10-11,13H,3-9,12H2,1-2H3. The van der Waals surface area contributed by atoms with E-state index in [1.54, 1.807) is 7.11 Å². The highest BCUT2D eigenvalue weighted by Crippen LogP contribution is 2.18. The van der Waals surface area contributed by atoms with Gasteiger partial charge in [0.05, 0.1) is 6.61 Å². The number of methoxy groups -OCH3 is 1. The third kappa shape index (κ3) is 4.81. The number of piperidine rings is 1. The number of nitrogens with two attached hydrogens (primary N) is 1. The molecule has 1 aliphatic heterocycles. The van der Waals surface area contributed by atoms with E-state index < -0.39 is 10.2 Å². The van der Waals surface area contributed by atoms with E-state index in [2.05, 4.69) is 11.6 Å². The molecule has 0 aromatic heterocycles. The van der Waals surface area contributed by atoms with Gasteiger partial charge in [-0.3, -0.25) is 0 Å². The van der Waals surface area contributed by atoms with Crippen molar-refractivity contribution in [1.82, 2.24) is 9.03 Å². The lowest BCUT2D eigenvalue weighted by atomic mass is 10.0. The Morgan fingerprint density at radius 3 is 2.83 bits per heavy atom. The van der Waals surface area contributed by atoms with E-state index in [0.29, 0.717) is 38.6 Å². The summed E-state index contributed by atoms with van der Waals surface area (Å²) < 4.78 is 33.6. The Labute approximate surface area is 110 Å². The molecule has 0 bridgehead atoms. The van der Waals surface area contributed by atoms with Crippen molar-refractivity contribution in [1.29, 1.82) is 0 Å². The smallest absolute Gasteiger partial charge is 0.279 e. The Kier molecular flexibility index (Phi) is 6.51. The van der Waals surface area contributed by atoms with E-state index in [9.17, 15) is 8.42 Å². The average Bonchev–Trinajstić information content (AvgIpc) is 2.29. The molecule has 0 aromatic carbocycles. The average molecular weight is 279 g/mol. The molecule has 0 aliphatic carbocycles. The molecule has 1 saturated heterocycles. The van der Waals surface area contributed by atoms with Gasteiger partial charge in [0.2, 0.25) is 0 Å². The van der Waals surface area contributed by atoms with Gasteiger partial charge in [0, 0.05) is 26.2 Å². The monoisotopic (exact) mass is 279 g/mol. The number of ether oxygens (including phenoxy) is 1. The van der Waals surface area contributed by atoms with Crippen LogP contribution in [-0.4, -0.2) is 52.1 Å². The normalized spacial score (nSPS) is 24.1. The van der Waals surface area contributed by atoms with Crippen LogP contribution in [0.15, 0.2) is 0 Å². The van der Waals surface area contributed by atoms with Gasteiger partial charge in [-0.25, -0.2) is 0 Å². The second-order valence-corrected chi connectivity index (χ2v) is 6.66. The lowest BCUT2D eigenvalue weighted by Gasteiger charge is -2.31. The number of rotatable bonds is 7. The highest BCUT2D eigenvalue weighted by atomic mass is 32.2. The van der Waals surface area contributed by atoms with Gasteiger partial charge in [-0.1, -0.05) is 6.92 Å². The molecule has 7 heteroatoms. The molecular formula is C11H25N3O3S. The van der Waals surface area contributed by atoms with Crippen LogP contribution in [0.5, 0.6) is 0 Å². The molecule has 0 aromatic rings. The van der Waals surface area contributed by atoms with E-state index in [1.165, 1.54) is 4.31 Å². The minimum atomic E-state index is -3.41. The number of nitrogens with one attached hydrogen (secondary N) is 1. The van der Waals surface area contributed by atoms with Gasteiger partial charge in [-0.2, -0.15) is 17.4 Å². The molecule has 2 atom stereocenters. The van der Waals surface area contributed by atoms with Crippen LogP contribution in [0.1, 0.15) is 26.2 Å². The van der Waals surface area contributed by atoms with Gasteiger partial charge in [-0.05, 0) is 31.7 Å². The third-order valence-electron chi connectivity index (χ3n) is 3.16. The zero-order chi connectivity index (χ0) is 13.6. The first kappa shape index (κ1) is 15.8. The molecule has 1 fully saturated rings. The third-order valence-corrected chi connectivity index (χ3v) is 4.80. The quantitative estimate of drug-likeness (QED) is 0.682. The second-order valence-electron chi connectivity index (χ2n) is 4.96. The van der Waals surface area contributed by atoms with Crippen molar-refractivity contribution in [3.63, 3.8) is 0 Å². The largest absolute Gasteiger partial charge is 0.383 e. The summed E-state index contributed by atoms with van der Waals surface area (Å²) >= 11 is 0. The molecule has 2 unspecified atom stereocenters. The van der Waals surface area contributed by atoms with Crippen molar-refractivity contribution >= 4 is 10.2 Å². The summed E-state index contributed by atoms with van der Waals surface area (Å²) in [6.07, 6.45) is 2.60. The molecular weight excluding hydrogens is 254 g/mol. The molecule has 0 radical (unpaired) electrons. The first-order chi connectivity index (χ1) is 8.49.